The average Bonchev–Trinajstić information content (AvgIpc) is 3.16. The number of rotatable bonds is 5. The molecule has 1 unspecified atom stereocenters. The molecule has 6 heteroatoms. The summed E-state index contributed by atoms with van der Waals surface area (Å²) in [6.07, 6.45) is 3.62. The second-order valence-corrected chi connectivity index (χ2v) is 8.75. The van der Waals surface area contributed by atoms with Gasteiger partial charge in [0, 0.05) is 37.4 Å². The van der Waals surface area contributed by atoms with Crippen molar-refractivity contribution in [2.24, 2.45) is 5.92 Å². The van der Waals surface area contributed by atoms with Crippen LogP contribution in [0.1, 0.15) is 37.8 Å². The number of aryl methyl sites for hydroxylation is 1. The van der Waals surface area contributed by atoms with Gasteiger partial charge >= 0.3 is 0 Å². The SMILES string of the molecule is Cc1cnc(CC2CCN(S(=O)(=O)c3ccccc3)C2)n1C(C)C. The van der Waals surface area contributed by atoms with Crippen molar-refractivity contribution in [3.05, 3.63) is 48.0 Å². The Balaban J connectivity index is 1.73. The highest BCUT2D eigenvalue weighted by Crippen LogP contribution is 2.27. The summed E-state index contributed by atoms with van der Waals surface area (Å²) >= 11 is 0. The predicted molar refractivity (Wildman–Crippen MR) is 94.4 cm³/mol. The van der Waals surface area contributed by atoms with Crippen LogP contribution in [0, 0.1) is 12.8 Å². The minimum Gasteiger partial charge on any atom is -0.330 e. The minimum atomic E-state index is -3.38. The number of imidazole rings is 1. The molecule has 0 spiro atoms. The average molecular weight is 347 g/mol. The minimum absolute atomic E-state index is 0.322. The highest BCUT2D eigenvalue weighted by atomic mass is 32.2. The van der Waals surface area contributed by atoms with E-state index in [1.165, 1.54) is 0 Å². The Morgan fingerprint density at radius 2 is 1.96 bits per heavy atom. The van der Waals surface area contributed by atoms with Crippen molar-refractivity contribution >= 4 is 10.0 Å². The predicted octanol–water partition coefficient (Wildman–Crippen LogP) is 3.03. The van der Waals surface area contributed by atoms with Crippen LogP contribution in [0.25, 0.3) is 0 Å². The molecule has 0 amide bonds. The number of benzene rings is 1. The molecule has 0 N–H and O–H groups in total. The smallest absolute Gasteiger partial charge is 0.243 e. The second kappa shape index (κ2) is 6.69. The third-order valence-corrected chi connectivity index (χ3v) is 6.56. The van der Waals surface area contributed by atoms with Gasteiger partial charge in [0.2, 0.25) is 10.0 Å². The van der Waals surface area contributed by atoms with E-state index < -0.39 is 10.0 Å². The molecule has 1 atom stereocenters. The molecule has 3 rings (SSSR count). The fourth-order valence-corrected chi connectivity index (χ4v) is 5.09. The lowest BCUT2D eigenvalue weighted by molar-refractivity contribution is 0.445. The number of hydrogen-bond donors (Lipinski definition) is 0. The second-order valence-electron chi connectivity index (χ2n) is 6.81. The van der Waals surface area contributed by atoms with Crippen LogP contribution in [-0.2, 0) is 16.4 Å². The monoisotopic (exact) mass is 347 g/mol. The standard InChI is InChI=1S/C18H25N3O2S/c1-14(2)21-15(3)12-19-18(21)11-16-9-10-20(13-16)24(22,23)17-7-5-4-6-8-17/h4-8,12,14,16H,9-11,13H2,1-3H3. The number of nitrogens with zero attached hydrogens (tertiary/aromatic N) is 3. The highest BCUT2D eigenvalue weighted by molar-refractivity contribution is 7.89. The topological polar surface area (TPSA) is 55.2 Å². The number of sulfonamides is 1. The summed E-state index contributed by atoms with van der Waals surface area (Å²) in [4.78, 5) is 4.92. The van der Waals surface area contributed by atoms with Gasteiger partial charge in [0.25, 0.3) is 0 Å². The summed E-state index contributed by atoms with van der Waals surface area (Å²) in [5.41, 5.74) is 1.16. The zero-order chi connectivity index (χ0) is 17.3. The van der Waals surface area contributed by atoms with Crippen molar-refractivity contribution in [2.75, 3.05) is 13.1 Å². The van der Waals surface area contributed by atoms with Gasteiger partial charge in [-0.3, -0.25) is 0 Å². The number of aromatic nitrogens is 2. The van der Waals surface area contributed by atoms with Crippen LogP contribution < -0.4 is 0 Å². The zero-order valence-electron chi connectivity index (χ0n) is 14.5. The van der Waals surface area contributed by atoms with Crippen LogP contribution >= 0.6 is 0 Å². The Hall–Kier alpha value is -1.66. The van der Waals surface area contributed by atoms with Crippen LogP contribution in [0.4, 0.5) is 0 Å². The molecule has 24 heavy (non-hydrogen) atoms. The van der Waals surface area contributed by atoms with E-state index >= 15 is 0 Å². The first-order chi connectivity index (χ1) is 11.4. The molecule has 0 radical (unpaired) electrons. The van der Waals surface area contributed by atoms with Crippen LogP contribution in [-0.4, -0.2) is 35.4 Å². The van der Waals surface area contributed by atoms with Gasteiger partial charge in [-0.1, -0.05) is 18.2 Å². The van der Waals surface area contributed by atoms with E-state index in [1.54, 1.807) is 28.6 Å². The van der Waals surface area contributed by atoms with Crippen LogP contribution in [0.15, 0.2) is 41.4 Å². The third-order valence-electron chi connectivity index (χ3n) is 4.68. The molecule has 0 bridgehead atoms. The largest absolute Gasteiger partial charge is 0.330 e. The summed E-state index contributed by atoms with van der Waals surface area (Å²) in [6.45, 7) is 7.53. The van der Waals surface area contributed by atoms with Gasteiger partial charge in [0.05, 0.1) is 4.90 Å². The van der Waals surface area contributed by atoms with Crippen LogP contribution in [0.3, 0.4) is 0 Å². The molecule has 2 heterocycles. The van der Waals surface area contributed by atoms with Crippen molar-refractivity contribution in [2.45, 2.75) is 44.6 Å². The highest BCUT2D eigenvalue weighted by Gasteiger charge is 2.33. The van der Waals surface area contributed by atoms with Crippen molar-refractivity contribution in [1.82, 2.24) is 13.9 Å². The molecular weight excluding hydrogens is 322 g/mol. The van der Waals surface area contributed by atoms with Gasteiger partial charge < -0.3 is 4.57 Å². The lowest BCUT2D eigenvalue weighted by Gasteiger charge is -2.18. The van der Waals surface area contributed by atoms with Gasteiger partial charge in [-0.25, -0.2) is 13.4 Å². The summed E-state index contributed by atoms with van der Waals surface area (Å²) in [7, 11) is -3.38. The molecule has 5 nitrogen and oxygen atoms in total. The molecule has 1 saturated heterocycles. The Morgan fingerprint density at radius 3 is 2.62 bits per heavy atom. The van der Waals surface area contributed by atoms with E-state index in [0.29, 0.717) is 29.9 Å². The quantitative estimate of drug-likeness (QED) is 0.835. The molecule has 1 aliphatic heterocycles. The van der Waals surface area contributed by atoms with Crippen molar-refractivity contribution < 1.29 is 8.42 Å². The fraction of sp³-hybridized carbons (Fsp3) is 0.500. The van der Waals surface area contributed by atoms with E-state index in [9.17, 15) is 8.42 Å². The van der Waals surface area contributed by atoms with E-state index in [0.717, 1.165) is 24.4 Å². The van der Waals surface area contributed by atoms with Crippen molar-refractivity contribution in [1.29, 1.82) is 0 Å². The third kappa shape index (κ3) is 3.26. The molecule has 1 aliphatic rings. The first-order valence-electron chi connectivity index (χ1n) is 8.47. The Kier molecular flexibility index (Phi) is 4.78. The van der Waals surface area contributed by atoms with E-state index in [4.69, 9.17) is 0 Å². The maximum Gasteiger partial charge on any atom is 0.243 e. The van der Waals surface area contributed by atoms with Crippen LogP contribution in [0.5, 0.6) is 0 Å². The zero-order valence-corrected chi connectivity index (χ0v) is 15.3. The van der Waals surface area contributed by atoms with E-state index in [2.05, 4.69) is 30.3 Å². The molecule has 1 fully saturated rings. The van der Waals surface area contributed by atoms with E-state index in [1.807, 2.05) is 12.3 Å². The summed E-state index contributed by atoms with van der Waals surface area (Å²) < 4.78 is 29.3. The van der Waals surface area contributed by atoms with Gasteiger partial charge in [-0.2, -0.15) is 4.31 Å². The first-order valence-corrected chi connectivity index (χ1v) is 9.91. The van der Waals surface area contributed by atoms with E-state index in [-0.39, 0.29) is 0 Å². The lowest BCUT2D eigenvalue weighted by atomic mass is 10.0. The molecule has 1 aromatic heterocycles. The van der Waals surface area contributed by atoms with Gasteiger partial charge in [0.1, 0.15) is 5.82 Å². The normalized spacial score (nSPS) is 19.2. The van der Waals surface area contributed by atoms with Crippen molar-refractivity contribution in [3.63, 3.8) is 0 Å². The molecule has 130 valence electrons. The molecule has 1 aromatic carbocycles. The maximum atomic E-state index is 12.7. The summed E-state index contributed by atoms with van der Waals surface area (Å²) in [5, 5.41) is 0. The first kappa shape index (κ1) is 17.2. The Labute approximate surface area is 144 Å². The van der Waals surface area contributed by atoms with Gasteiger partial charge in [-0.05, 0) is 45.2 Å². The maximum absolute atomic E-state index is 12.7. The van der Waals surface area contributed by atoms with Gasteiger partial charge in [0.15, 0.2) is 0 Å². The lowest BCUT2D eigenvalue weighted by Crippen LogP contribution is -2.29. The Morgan fingerprint density at radius 1 is 1.25 bits per heavy atom. The molecular formula is C18H25N3O2S. The molecule has 0 saturated carbocycles. The summed E-state index contributed by atoms with van der Waals surface area (Å²) in [5.74, 6) is 1.38. The molecule has 0 aliphatic carbocycles. The Bertz CT molecular complexity index is 797. The van der Waals surface area contributed by atoms with Gasteiger partial charge in [-0.15, -0.1) is 0 Å². The summed E-state index contributed by atoms with van der Waals surface area (Å²) in [6, 6.07) is 9.06. The van der Waals surface area contributed by atoms with Crippen molar-refractivity contribution in [3.8, 4) is 0 Å². The van der Waals surface area contributed by atoms with Crippen LogP contribution in [0.2, 0.25) is 0 Å². The number of hydrogen-bond acceptors (Lipinski definition) is 3. The molecule has 2 aromatic rings. The fourth-order valence-electron chi connectivity index (χ4n) is 3.53.